The van der Waals surface area contributed by atoms with E-state index >= 15 is 0 Å². The van der Waals surface area contributed by atoms with E-state index in [1.165, 1.54) is 11.5 Å². The van der Waals surface area contributed by atoms with Gasteiger partial charge in [0.25, 0.3) is 0 Å². The monoisotopic (exact) mass is 230 g/mol. The third-order valence-corrected chi connectivity index (χ3v) is 4.10. The van der Waals surface area contributed by atoms with Crippen molar-refractivity contribution in [1.29, 1.82) is 0 Å². The molecule has 1 aliphatic carbocycles. The third-order valence-electron chi connectivity index (χ3n) is 3.33. The summed E-state index contributed by atoms with van der Waals surface area (Å²) in [6, 6.07) is 6.21. The van der Waals surface area contributed by atoms with E-state index in [9.17, 15) is 4.79 Å². The SMILES string of the molecule is O=C=NC1(c2ccc3cnsc3c2)CCC1. The molecule has 1 aromatic carbocycles. The van der Waals surface area contributed by atoms with Crippen LogP contribution in [0.4, 0.5) is 0 Å². The van der Waals surface area contributed by atoms with Gasteiger partial charge in [-0.05, 0) is 42.4 Å². The van der Waals surface area contributed by atoms with Crippen LogP contribution in [0, 0.1) is 0 Å². The molecule has 0 unspecified atom stereocenters. The maximum atomic E-state index is 10.5. The predicted octanol–water partition coefficient (Wildman–Crippen LogP) is 3.01. The van der Waals surface area contributed by atoms with Crippen LogP contribution in [0.5, 0.6) is 0 Å². The molecular weight excluding hydrogens is 220 g/mol. The highest BCUT2D eigenvalue weighted by Crippen LogP contribution is 2.45. The smallest absolute Gasteiger partial charge is 0.211 e. The molecular formula is C12H10N2OS. The molecule has 16 heavy (non-hydrogen) atoms. The molecule has 0 aliphatic heterocycles. The zero-order valence-corrected chi connectivity index (χ0v) is 9.46. The second-order valence-corrected chi connectivity index (χ2v) is 5.00. The largest absolute Gasteiger partial charge is 0.235 e. The summed E-state index contributed by atoms with van der Waals surface area (Å²) in [6.45, 7) is 0. The van der Waals surface area contributed by atoms with E-state index in [0.717, 1.165) is 34.9 Å². The highest BCUT2D eigenvalue weighted by Gasteiger charge is 2.38. The Morgan fingerprint density at radius 1 is 1.44 bits per heavy atom. The standard InChI is InChI=1S/C12H10N2OS/c15-8-13-12(4-1-5-12)10-3-2-9-7-14-16-11(9)6-10/h2-3,6-7H,1,4-5H2. The molecule has 0 amide bonds. The van der Waals surface area contributed by atoms with Crippen LogP contribution in [0.1, 0.15) is 24.8 Å². The summed E-state index contributed by atoms with van der Waals surface area (Å²) in [5.74, 6) is 0. The first kappa shape index (κ1) is 9.70. The van der Waals surface area contributed by atoms with E-state index in [2.05, 4.69) is 27.6 Å². The van der Waals surface area contributed by atoms with Gasteiger partial charge in [0, 0.05) is 11.6 Å². The Morgan fingerprint density at radius 3 is 3.00 bits per heavy atom. The number of carbonyl (C=O) groups excluding carboxylic acids is 1. The van der Waals surface area contributed by atoms with Crippen molar-refractivity contribution >= 4 is 27.7 Å². The van der Waals surface area contributed by atoms with Crippen molar-refractivity contribution in [3.05, 3.63) is 30.0 Å². The number of hydrogen-bond acceptors (Lipinski definition) is 4. The van der Waals surface area contributed by atoms with Crippen molar-refractivity contribution in [1.82, 2.24) is 4.37 Å². The fourth-order valence-electron chi connectivity index (χ4n) is 2.21. The maximum Gasteiger partial charge on any atom is 0.235 e. The predicted molar refractivity (Wildman–Crippen MR) is 63.3 cm³/mol. The molecule has 0 saturated heterocycles. The fraction of sp³-hybridized carbons (Fsp3) is 0.333. The van der Waals surface area contributed by atoms with Crippen molar-refractivity contribution < 1.29 is 4.79 Å². The van der Waals surface area contributed by atoms with E-state index in [4.69, 9.17) is 0 Å². The minimum absolute atomic E-state index is 0.292. The van der Waals surface area contributed by atoms with E-state index in [1.54, 1.807) is 6.08 Å². The quantitative estimate of drug-likeness (QED) is 0.588. The Labute approximate surface area is 97.0 Å². The van der Waals surface area contributed by atoms with Gasteiger partial charge in [0.15, 0.2) is 0 Å². The Kier molecular flexibility index (Phi) is 2.13. The summed E-state index contributed by atoms with van der Waals surface area (Å²) in [6.07, 6.45) is 6.61. The van der Waals surface area contributed by atoms with Gasteiger partial charge in [-0.1, -0.05) is 12.1 Å². The summed E-state index contributed by atoms with van der Waals surface area (Å²) in [5, 5.41) is 1.15. The van der Waals surface area contributed by atoms with Crippen LogP contribution in [-0.2, 0) is 10.3 Å². The average Bonchev–Trinajstić information content (AvgIpc) is 2.70. The summed E-state index contributed by atoms with van der Waals surface area (Å²) >= 11 is 1.48. The first-order chi connectivity index (χ1) is 7.84. The van der Waals surface area contributed by atoms with Crippen LogP contribution in [0.15, 0.2) is 29.4 Å². The molecule has 0 atom stereocenters. The number of rotatable bonds is 2. The van der Waals surface area contributed by atoms with Gasteiger partial charge in [-0.3, -0.25) is 0 Å². The van der Waals surface area contributed by atoms with Crippen molar-refractivity contribution in [2.24, 2.45) is 4.99 Å². The van der Waals surface area contributed by atoms with Crippen LogP contribution < -0.4 is 0 Å². The van der Waals surface area contributed by atoms with E-state index in [0.29, 0.717) is 0 Å². The van der Waals surface area contributed by atoms with Crippen molar-refractivity contribution in [3.63, 3.8) is 0 Å². The zero-order chi connectivity index (χ0) is 11.0. The van der Waals surface area contributed by atoms with Gasteiger partial charge >= 0.3 is 0 Å². The molecule has 80 valence electrons. The lowest BCUT2D eigenvalue weighted by atomic mass is 9.72. The molecule has 0 radical (unpaired) electrons. The molecule has 1 aromatic heterocycles. The summed E-state index contributed by atoms with van der Waals surface area (Å²) < 4.78 is 5.31. The average molecular weight is 230 g/mol. The van der Waals surface area contributed by atoms with Gasteiger partial charge in [0.05, 0.1) is 10.2 Å². The second kappa shape index (κ2) is 3.51. The Balaban J connectivity index is 2.13. The number of aliphatic imine (C=N–C) groups is 1. The Bertz CT molecular complexity index is 579. The van der Waals surface area contributed by atoms with Crippen LogP contribution >= 0.6 is 11.5 Å². The number of isocyanates is 1. The lowest BCUT2D eigenvalue weighted by Crippen LogP contribution is -2.31. The molecule has 1 saturated carbocycles. The first-order valence-electron chi connectivity index (χ1n) is 5.28. The Morgan fingerprint density at radius 2 is 2.31 bits per heavy atom. The number of nitrogens with zero attached hydrogens (tertiary/aromatic N) is 2. The van der Waals surface area contributed by atoms with Gasteiger partial charge in [0.2, 0.25) is 6.08 Å². The van der Waals surface area contributed by atoms with E-state index in [1.807, 2.05) is 6.20 Å². The zero-order valence-electron chi connectivity index (χ0n) is 8.64. The van der Waals surface area contributed by atoms with Crippen molar-refractivity contribution in [3.8, 4) is 0 Å². The van der Waals surface area contributed by atoms with Crippen LogP contribution in [0.3, 0.4) is 0 Å². The van der Waals surface area contributed by atoms with Gasteiger partial charge in [0.1, 0.15) is 0 Å². The molecule has 1 aliphatic rings. The number of aromatic nitrogens is 1. The topological polar surface area (TPSA) is 42.3 Å². The summed E-state index contributed by atoms with van der Waals surface area (Å²) in [4.78, 5) is 14.5. The molecule has 2 aromatic rings. The lowest BCUT2D eigenvalue weighted by molar-refractivity contribution is 0.256. The molecule has 3 rings (SSSR count). The van der Waals surface area contributed by atoms with E-state index in [-0.39, 0.29) is 5.54 Å². The van der Waals surface area contributed by atoms with Gasteiger partial charge < -0.3 is 0 Å². The lowest BCUT2D eigenvalue weighted by Gasteiger charge is -2.37. The molecule has 3 nitrogen and oxygen atoms in total. The molecule has 4 heteroatoms. The minimum atomic E-state index is -0.292. The van der Waals surface area contributed by atoms with Gasteiger partial charge in [-0.2, -0.15) is 9.37 Å². The maximum absolute atomic E-state index is 10.5. The molecule has 0 N–H and O–H groups in total. The number of fused-ring (bicyclic) bond motifs is 1. The molecule has 0 spiro atoms. The van der Waals surface area contributed by atoms with Crippen LogP contribution in [-0.4, -0.2) is 10.5 Å². The molecule has 1 fully saturated rings. The normalized spacial score (nSPS) is 17.8. The minimum Gasteiger partial charge on any atom is -0.211 e. The molecule has 1 heterocycles. The second-order valence-electron chi connectivity index (χ2n) is 4.17. The first-order valence-corrected chi connectivity index (χ1v) is 6.05. The molecule has 0 bridgehead atoms. The summed E-state index contributed by atoms with van der Waals surface area (Å²) in [7, 11) is 0. The van der Waals surface area contributed by atoms with Gasteiger partial charge in [-0.25, -0.2) is 4.79 Å². The van der Waals surface area contributed by atoms with Crippen molar-refractivity contribution in [2.75, 3.05) is 0 Å². The van der Waals surface area contributed by atoms with E-state index < -0.39 is 0 Å². The third kappa shape index (κ3) is 1.31. The highest BCUT2D eigenvalue weighted by molar-refractivity contribution is 7.13. The highest BCUT2D eigenvalue weighted by atomic mass is 32.1. The van der Waals surface area contributed by atoms with Crippen molar-refractivity contribution in [2.45, 2.75) is 24.8 Å². The number of benzene rings is 1. The van der Waals surface area contributed by atoms with Gasteiger partial charge in [-0.15, -0.1) is 0 Å². The van der Waals surface area contributed by atoms with Crippen LogP contribution in [0.2, 0.25) is 0 Å². The Hall–Kier alpha value is -1.51. The summed E-state index contributed by atoms with van der Waals surface area (Å²) in [5.41, 5.74) is 0.832. The fourth-order valence-corrected chi connectivity index (χ4v) is 2.90. The van der Waals surface area contributed by atoms with Crippen LogP contribution in [0.25, 0.3) is 10.1 Å². The number of hydrogen-bond donors (Lipinski definition) is 0.